The Morgan fingerprint density at radius 1 is 1.24 bits per heavy atom. The Morgan fingerprint density at radius 2 is 1.86 bits per heavy atom. The van der Waals surface area contributed by atoms with Gasteiger partial charge in [0.2, 0.25) is 0 Å². The van der Waals surface area contributed by atoms with Crippen LogP contribution in [0.2, 0.25) is 0 Å². The number of phenolic OH excluding ortho intramolecular Hbond substituents is 1. The molecule has 2 rings (SSSR count). The second-order valence-electron chi connectivity index (χ2n) is 5.64. The minimum Gasteiger partial charge on any atom is -0.507 e. The van der Waals surface area contributed by atoms with Gasteiger partial charge in [0.25, 0.3) is 0 Å². The molecule has 0 saturated carbocycles. The lowest BCUT2D eigenvalue weighted by molar-refractivity contribution is 0.101. The Morgan fingerprint density at radius 3 is 2.43 bits per heavy atom. The van der Waals surface area contributed by atoms with E-state index < -0.39 is 5.82 Å². The van der Waals surface area contributed by atoms with Gasteiger partial charge in [0, 0.05) is 38.3 Å². The zero-order valence-corrected chi connectivity index (χ0v) is 12.7. The molecular weight excluding hydrogens is 271 g/mol. The zero-order valence-electron chi connectivity index (χ0n) is 12.7. The summed E-state index contributed by atoms with van der Waals surface area (Å²) in [6, 6.07) is 2.42. The molecule has 0 bridgehead atoms. The van der Waals surface area contributed by atoms with Crippen LogP contribution in [-0.4, -0.2) is 53.4 Å². The first kappa shape index (κ1) is 15.9. The summed E-state index contributed by atoms with van der Waals surface area (Å²) in [5.41, 5.74) is 0.554. The highest BCUT2D eigenvalue weighted by molar-refractivity contribution is 5.97. The zero-order chi connectivity index (χ0) is 15.4. The van der Waals surface area contributed by atoms with Crippen molar-refractivity contribution in [1.29, 1.82) is 0 Å². The number of nitrogens with zero attached hydrogens (tertiary/aromatic N) is 2. The molecule has 1 aliphatic rings. The predicted octanol–water partition coefficient (Wildman–Crippen LogP) is 2.26. The maximum absolute atomic E-state index is 13.6. The van der Waals surface area contributed by atoms with Crippen LogP contribution in [0.5, 0.6) is 5.75 Å². The first-order valence-electron chi connectivity index (χ1n) is 7.48. The molecule has 1 N–H and O–H groups in total. The highest BCUT2D eigenvalue weighted by atomic mass is 19.1. The van der Waals surface area contributed by atoms with Crippen molar-refractivity contribution >= 4 is 5.78 Å². The summed E-state index contributed by atoms with van der Waals surface area (Å²) < 4.78 is 13.6. The van der Waals surface area contributed by atoms with E-state index in [9.17, 15) is 14.3 Å². The first-order chi connectivity index (χ1) is 10.0. The van der Waals surface area contributed by atoms with E-state index in [1.807, 2.05) is 0 Å². The number of halogens is 1. The van der Waals surface area contributed by atoms with E-state index in [2.05, 4.69) is 16.7 Å². The lowest BCUT2D eigenvalue weighted by atomic mass is 10.0. The number of hydrogen-bond acceptors (Lipinski definition) is 4. The van der Waals surface area contributed by atoms with E-state index in [0.717, 1.165) is 45.2 Å². The molecule has 0 radical (unpaired) electrons. The van der Waals surface area contributed by atoms with E-state index in [4.69, 9.17) is 0 Å². The van der Waals surface area contributed by atoms with Gasteiger partial charge in [-0.25, -0.2) is 4.39 Å². The van der Waals surface area contributed by atoms with Crippen molar-refractivity contribution in [2.45, 2.75) is 26.8 Å². The minimum absolute atomic E-state index is 0.0645. The quantitative estimate of drug-likeness (QED) is 0.846. The normalized spacial score (nSPS) is 17.1. The van der Waals surface area contributed by atoms with Crippen LogP contribution in [0.4, 0.5) is 4.39 Å². The third-order valence-electron chi connectivity index (χ3n) is 3.93. The van der Waals surface area contributed by atoms with Gasteiger partial charge in [0.05, 0.1) is 5.56 Å². The van der Waals surface area contributed by atoms with Crippen molar-refractivity contribution < 1.29 is 14.3 Å². The van der Waals surface area contributed by atoms with E-state index in [0.29, 0.717) is 12.1 Å². The summed E-state index contributed by atoms with van der Waals surface area (Å²) in [6.45, 7) is 8.85. The molecule has 1 heterocycles. The summed E-state index contributed by atoms with van der Waals surface area (Å²) in [5.74, 6) is -0.876. The highest BCUT2D eigenvalue weighted by Crippen LogP contribution is 2.26. The molecule has 1 aromatic carbocycles. The molecule has 0 aliphatic carbocycles. The van der Waals surface area contributed by atoms with Gasteiger partial charge in [0.1, 0.15) is 11.6 Å². The van der Waals surface area contributed by atoms with Crippen LogP contribution in [0.25, 0.3) is 0 Å². The topological polar surface area (TPSA) is 43.8 Å². The smallest absolute Gasteiger partial charge is 0.163 e. The minimum atomic E-state index is -0.474. The molecule has 1 aromatic rings. The Kier molecular flexibility index (Phi) is 5.31. The van der Waals surface area contributed by atoms with Gasteiger partial charge in [-0.15, -0.1) is 0 Å². The molecule has 1 saturated heterocycles. The van der Waals surface area contributed by atoms with Crippen LogP contribution < -0.4 is 0 Å². The summed E-state index contributed by atoms with van der Waals surface area (Å²) >= 11 is 0. The van der Waals surface area contributed by atoms with Gasteiger partial charge in [0.15, 0.2) is 5.78 Å². The second kappa shape index (κ2) is 7.00. The average Bonchev–Trinajstić information content (AvgIpc) is 2.44. The summed E-state index contributed by atoms with van der Waals surface area (Å²) in [4.78, 5) is 16.0. The van der Waals surface area contributed by atoms with E-state index in [-0.39, 0.29) is 17.1 Å². The molecule has 4 nitrogen and oxygen atoms in total. The van der Waals surface area contributed by atoms with E-state index in [1.54, 1.807) is 0 Å². The first-order valence-corrected chi connectivity index (χ1v) is 7.48. The Balaban J connectivity index is 2.05. The van der Waals surface area contributed by atoms with Crippen molar-refractivity contribution in [2.24, 2.45) is 0 Å². The Labute approximate surface area is 125 Å². The lowest BCUT2D eigenvalue weighted by Gasteiger charge is -2.34. The molecule has 0 atom stereocenters. The average molecular weight is 294 g/mol. The van der Waals surface area contributed by atoms with Crippen molar-refractivity contribution in [3.05, 3.63) is 29.1 Å². The number of hydrogen-bond donors (Lipinski definition) is 1. The predicted molar refractivity (Wildman–Crippen MR) is 80.1 cm³/mol. The SMILES string of the molecule is CCCN1CCN(Cc2cc(F)cc(C(C)=O)c2O)CC1. The Hall–Kier alpha value is -1.46. The number of rotatable bonds is 5. The fourth-order valence-electron chi connectivity index (χ4n) is 2.77. The number of Topliss-reactive ketones (excluding diaryl/α,β-unsaturated/α-hetero) is 1. The molecule has 0 amide bonds. The number of carbonyl (C=O) groups excluding carboxylic acids is 1. The molecule has 116 valence electrons. The second-order valence-corrected chi connectivity index (χ2v) is 5.64. The van der Waals surface area contributed by atoms with Gasteiger partial charge < -0.3 is 10.0 Å². The third-order valence-corrected chi connectivity index (χ3v) is 3.93. The van der Waals surface area contributed by atoms with E-state index in [1.165, 1.54) is 13.0 Å². The van der Waals surface area contributed by atoms with Crippen molar-refractivity contribution in [3.8, 4) is 5.75 Å². The van der Waals surface area contributed by atoms with Gasteiger partial charge in [-0.05, 0) is 32.0 Å². The molecule has 0 unspecified atom stereocenters. The van der Waals surface area contributed by atoms with Gasteiger partial charge in [-0.2, -0.15) is 0 Å². The number of phenols is 1. The maximum atomic E-state index is 13.6. The number of ketones is 1. The lowest BCUT2D eigenvalue weighted by Crippen LogP contribution is -2.46. The number of aromatic hydroxyl groups is 1. The van der Waals surface area contributed by atoms with Crippen molar-refractivity contribution in [1.82, 2.24) is 9.80 Å². The maximum Gasteiger partial charge on any atom is 0.163 e. The van der Waals surface area contributed by atoms with Gasteiger partial charge >= 0.3 is 0 Å². The molecule has 0 aromatic heterocycles. The van der Waals surface area contributed by atoms with Gasteiger partial charge in [-0.1, -0.05) is 6.92 Å². The molecular formula is C16H23FN2O2. The monoisotopic (exact) mass is 294 g/mol. The number of carbonyl (C=O) groups is 1. The van der Waals surface area contributed by atoms with Gasteiger partial charge in [-0.3, -0.25) is 9.69 Å². The Bertz CT molecular complexity index is 511. The molecule has 0 spiro atoms. The van der Waals surface area contributed by atoms with Crippen LogP contribution in [0.1, 0.15) is 36.2 Å². The summed E-state index contributed by atoms with van der Waals surface area (Å²) in [6.07, 6.45) is 1.15. The summed E-state index contributed by atoms with van der Waals surface area (Å²) in [7, 11) is 0. The van der Waals surface area contributed by atoms with Crippen LogP contribution >= 0.6 is 0 Å². The van der Waals surface area contributed by atoms with Crippen molar-refractivity contribution in [3.63, 3.8) is 0 Å². The molecule has 21 heavy (non-hydrogen) atoms. The fraction of sp³-hybridized carbons (Fsp3) is 0.562. The highest BCUT2D eigenvalue weighted by Gasteiger charge is 2.19. The van der Waals surface area contributed by atoms with Crippen LogP contribution in [-0.2, 0) is 6.54 Å². The van der Waals surface area contributed by atoms with Crippen LogP contribution in [0.3, 0.4) is 0 Å². The van der Waals surface area contributed by atoms with E-state index >= 15 is 0 Å². The van der Waals surface area contributed by atoms with Crippen LogP contribution in [0, 0.1) is 5.82 Å². The van der Waals surface area contributed by atoms with Crippen molar-refractivity contribution in [2.75, 3.05) is 32.7 Å². The molecule has 5 heteroatoms. The molecule has 1 fully saturated rings. The number of benzene rings is 1. The largest absolute Gasteiger partial charge is 0.507 e. The number of piperazine rings is 1. The molecule has 1 aliphatic heterocycles. The third kappa shape index (κ3) is 4.02. The fourth-order valence-corrected chi connectivity index (χ4v) is 2.77. The standard InChI is InChI=1S/C16H23FN2O2/c1-3-4-18-5-7-19(8-6-18)11-13-9-14(17)10-15(12(2)20)16(13)21/h9-10,21H,3-8,11H2,1-2H3. The van der Waals surface area contributed by atoms with Crippen LogP contribution in [0.15, 0.2) is 12.1 Å². The summed E-state index contributed by atoms with van der Waals surface area (Å²) in [5, 5.41) is 10.1.